The molecule has 1 amide bonds. The summed E-state index contributed by atoms with van der Waals surface area (Å²) < 4.78 is 43.1. The lowest BCUT2D eigenvalue weighted by molar-refractivity contribution is -0.345. The molecule has 64 heavy (non-hydrogen) atoms. The van der Waals surface area contributed by atoms with Gasteiger partial charge in [0.15, 0.2) is 41.9 Å². The van der Waals surface area contributed by atoms with E-state index in [2.05, 4.69) is 5.32 Å². The summed E-state index contributed by atoms with van der Waals surface area (Å²) in [7, 11) is 0. The van der Waals surface area contributed by atoms with Crippen molar-refractivity contribution in [3.63, 3.8) is 0 Å². The van der Waals surface area contributed by atoms with Crippen LogP contribution in [0.2, 0.25) is 0 Å². The summed E-state index contributed by atoms with van der Waals surface area (Å²) in [5.41, 5.74) is -7.46. The fraction of sp³-hybridized carbons (Fsp3) is 0.596. The minimum Gasteiger partial charge on any atom is -0.454 e. The number of aliphatic hydroxyl groups is 2. The van der Waals surface area contributed by atoms with Crippen molar-refractivity contribution in [2.24, 2.45) is 16.7 Å². The lowest BCUT2D eigenvalue weighted by Gasteiger charge is -2.67. The van der Waals surface area contributed by atoms with Gasteiger partial charge in [-0.25, -0.2) is 19.2 Å². The Labute approximate surface area is 371 Å². The molecule has 6 rings (SSSR count). The number of benzene rings is 1. The molecule has 1 unspecified atom stereocenters. The maximum Gasteiger partial charge on any atom is 0.509 e. The SMILES string of the molecule is C/C=C/C(=O)O[C@H]1C(=O)[C@@]2(C)C([C@H](OC(=O)c3ccccc3)[C@]34OC(=O)O[C@H]3[C@H](OC(=O)[C@H](O)[C@H](C=C(C)C)NC(=O)CCCCC)C(C)=C1C4(C)C)[C@]1(OC(C)=O)CO[C@@H]1C[C@@H]2O. The fourth-order valence-corrected chi connectivity index (χ4v) is 10.6. The van der Waals surface area contributed by atoms with Gasteiger partial charge < -0.3 is 48.7 Å². The summed E-state index contributed by atoms with van der Waals surface area (Å²) in [6.45, 7) is 13.7. The quantitative estimate of drug-likeness (QED) is 0.0776. The molecule has 3 aliphatic carbocycles. The first kappa shape index (κ1) is 48.1. The summed E-state index contributed by atoms with van der Waals surface area (Å²) in [5.74, 6) is -7.03. The van der Waals surface area contributed by atoms with Gasteiger partial charge in [0.2, 0.25) is 11.5 Å². The summed E-state index contributed by atoms with van der Waals surface area (Å²) in [5, 5.41) is 26.6. The van der Waals surface area contributed by atoms with Gasteiger partial charge in [0.05, 0.1) is 35.6 Å². The van der Waals surface area contributed by atoms with Crippen LogP contribution in [0.4, 0.5) is 4.79 Å². The summed E-state index contributed by atoms with van der Waals surface area (Å²) in [6.07, 6.45) is -7.37. The van der Waals surface area contributed by atoms with Crippen molar-refractivity contribution in [2.45, 2.75) is 154 Å². The van der Waals surface area contributed by atoms with Gasteiger partial charge in [-0.2, -0.15) is 0 Å². The second-order valence-electron chi connectivity index (χ2n) is 18.2. The zero-order valence-corrected chi connectivity index (χ0v) is 37.7. The third-order valence-electron chi connectivity index (χ3n) is 13.6. The highest BCUT2D eigenvalue weighted by Crippen LogP contribution is 2.67. The van der Waals surface area contributed by atoms with E-state index in [0.717, 1.165) is 25.8 Å². The molecule has 17 nitrogen and oxygen atoms in total. The average Bonchev–Trinajstić information content (AvgIpc) is 3.59. The summed E-state index contributed by atoms with van der Waals surface area (Å²) in [6, 6.07) is 6.48. The number of hydrogen-bond acceptors (Lipinski definition) is 16. The average molecular weight is 894 g/mol. The molecule has 0 aromatic heterocycles. The molecule has 0 radical (unpaired) electrons. The first-order valence-electron chi connectivity index (χ1n) is 21.7. The molecular weight excluding hydrogens is 835 g/mol. The summed E-state index contributed by atoms with van der Waals surface area (Å²) in [4.78, 5) is 98.4. The Bertz CT molecular complexity index is 2140. The Morgan fingerprint density at radius 3 is 2.28 bits per heavy atom. The van der Waals surface area contributed by atoms with Crippen LogP contribution in [0.1, 0.15) is 105 Å². The molecule has 2 bridgehead atoms. The first-order valence-corrected chi connectivity index (χ1v) is 21.7. The maximum absolute atomic E-state index is 15.8. The molecule has 2 saturated heterocycles. The number of unbranched alkanes of at least 4 members (excludes halogenated alkanes) is 2. The van der Waals surface area contributed by atoms with Crippen molar-refractivity contribution in [1.82, 2.24) is 5.32 Å². The highest BCUT2D eigenvalue weighted by atomic mass is 16.8. The number of nitrogens with one attached hydrogen (secondary N) is 1. The van der Waals surface area contributed by atoms with E-state index in [1.807, 2.05) is 6.92 Å². The van der Waals surface area contributed by atoms with E-state index in [4.69, 9.17) is 33.2 Å². The number of ketones is 1. The lowest BCUT2D eigenvalue weighted by atomic mass is 9.44. The second kappa shape index (κ2) is 18.2. The highest BCUT2D eigenvalue weighted by molar-refractivity contribution is 5.97. The van der Waals surface area contributed by atoms with Crippen LogP contribution in [-0.2, 0) is 57.1 Å². The minimum atomic E-state index is -2.37. The molecule has 2 saturated carbocycles. The van der Waals surface area contributed by atoms with E-state index in [1.165, 1.54) is 38.1 Å². The second-order valence-corrected chi connectivity index (χ2v) is 18.2. The highest BCUT2D eigenvalue weighted by Gasteiger charge is 2.83. The Balaban J connectivity index is 1.62. The van der Waals surface area contributed by atoms with Gasteiger partial charge in [-0.1, -0.05) is 69.5 Å². The molecule has 1 spiro atoms. The van der Waals surface area contributed by atoms with E-state index in [-0.39, 0.29) is 36.2 Å². The predicted octanol–water partition coefficient (Wildman–Crippen LogP) is 4.30. The maximum atomic E-state index is 15.8. The Hall–Kier alpha value is -5.39. The van der Waals surface area contributed by atoms with Crippen LogP contribution in [-0.4, -0.2) is 119 Å². The molecule has 1 aromatic carbocycles. The molecule has 4 fully saturated rings. The van der Waals surface area contributed by atoms with E-state index in [1.54, 1.807) is 52.8 Å². The number of allylic oxidation sites excluding steroid dienone is 2. The van der Waals surface area contributed by atoms with Gasteiger partial charge in [-0.15, -0.1) is 0 Å². The molecule has 1 aromatic rings. The number of esters is 4. The van der Waals surface area contributed by atoms with Crippen molar-refractivity contribution in [3.05, 3.63) is 70.8 Å². The molecule has 17 heteroatoms. The molecular formula is C47H59NO16. The van der Waals surface area contributed by atoms with Crippen molar-refractivity contribution in [3.8, 4) is 0 Å². The van der Waals surface area contributed by atoms with Crippen LogP contribution in [0, 0.1) is 16.7 Å². The normalized spacial score (nSPS) is 33.2. The van der Waals surface area contributed by atoms with E-state index < -0.39 is 118 Å². The Morgan fingerprint density at radius 1 is 1.00 bits per heavy atom. The number of amides is 1. The standard InChI is InChI=1S/C47H59NO16/c1-10-12-14-20-31(51)48-28(21-24(3)4)34(53)42(56)60-35-25(5)33-36(59-32(52)17-11-2)38(54)45(9)29(50)22-30-46(23-58-30,63-26(6)49)37(45)40(61-41(55)27-18-15-13-16-19-27)47(44(33,7)8)39(35)62-43(57)64-47/h11,13,15-19,21,28-30,34-37,39-40,50,53H,10,12,14,20,22-23H2,1-9H3,(H,48,51)/b17-11+/t28-,29-,30+,34+,35+,36+,37?,39-,40-,45+,46-,47+/m0/s1. The summed E-state index contributed by atoms with van der Waals surface area (Å²) >= 11 is 0. The van der Waals surface area contributed by atoms with Crippen LogP contribution >= 0.6 is 0 Å². The van der Waals surface area contributed by atoms with E-state index in [9.17, 15) is 39.0 Å². The van der Waals surface area contributed by atoms with Gasteiger partial charge in [0.1, 0.15) is 6.10 Å². The van der Waals surface area contributed by atoms with Crippen molar-refractivity contribution in [2.75, 3.05) is 6.61 Å². The lowest BCUT2D eigenvalue weighted by Crippen LogP contribution is -2.83. The molecule has 12 atom stereocenters. The van der Waals surface area contributed by atoms with Gasteiger partial charge in [-0.05, 0) is 64.3 Å². The zero-order valence-electron chi connectivity index (χ0n) is 37.7. The van der Waals surface area contributed by atoms with Crippen molar-refractivity contribution in [1.29, 1.82) is 0 Å². The van der Waals surface area contributed by atoms with Gasteiger partial charge in [-0.3, -0.25) is 14.4 Å². The minimum absolute atomic E-state index is 0.0296. The fourth-order valence-electron chi connectivity index (χ4n) is 10.6. The number of hydrogen-bond donors (Lipinski definition) is 3. The smallest absolute Gasteiger partial charge is 0.454 e. The van der Waals surface area contributed by atoms with Gasteiger partial charge >= 0.3 is 30.0 Å². The van der Waals surface area contributed by atoms with Crippen LogP contribution in [0.3, 0.4) is 0 Å². The third-order valence-corrected chi connectivity index (χ3v) is 13.6. The number of rotatable bonds is 14. The monoisotopic (exact) mass is 893 g/mol. The van der Waals surface area contributed by atoms with Crippen molar-refractivity contribution >= 4 is 41.7 Å². The van der Waals surface area contributed by atoms with E-state index >= 15 is 4.79 Å². The largest absolute Gasteiger partial charge is 0.509 e. The van der Waals surface area contributed by atoms with Crippen LogP contribution < -0.4 is 5.32 Å². The number of aliphatic hydroxyl groups excluding tert-OH is 2. The topological polar surface area (TPSA) is 237 Å². The number of fused-ring (bicyclic) bond motifs is 4. The Kier molecular flexibility index (Phi) is 13.7. The molecule has 3 N–H and O–H groups in total. The number of carbonyl (C=O) groups excluding carboxylic acids is 7. The third kappa shape index (κ3) is 8.03. The number of Topliss-reactive ketones (excluding diaryl/α,β-unsaturated/α-hetero) is 1. The predicted molar refractivity (Wildman–Crippen MR) is 224 cm³/mol. The van der Waals surface area contributed by atoms with Crippen LogP contribution in [0.15, 0.2) is 65.3 Å². The van der Waals surface area contributed by atoms with Crippen LogP contribution in [0.5, 0.6) is 0 Å². The molecule has 2 aliphatic heterocycles. The number of ether oxygens (including phenoxy) is 7. The zero-order chi connectivity index (χ0) is 47.1. The van der Waals surface area contributed by atoms with Crippen molar-refractivity contribution < 1.29 is 76.9 Å². The molecule has 2 heterocycles. The first-order chi connectivity index (χ1) is 30.1. The van der Waals surface area contributed by atoms with Crippen LogP contribution in [0.25, 0.3) is 0 Å². The van der Waals surface area contributed by atoms with E-state index in [0.29, 0.717) is 12.0 Å². The Morgan fingerprint density at radius 2 is 1.69 bits per heavy atom. The van der Waals surface area contributed by atoms with Gasteiger partial charge in [0, 0.05) is 31.3 Å². The number of carbonyl (C=O) groups is 7. The molecule has 5 aliphatic rings. The van der Waals surface area contributed by atoms with Gasteiger partial charge in [0.25, 0.3) is 0 Å². The molecule has 348 valence electrons.